The van der Waals surface area contributed by atoms with Gasteiger partial charge in [0.2, 0.25) is 5.95 Å². The summed E-state index contributed by atoms with van der Waals surface area (Å²) >= 11 is 0. The van der Waals surface area contributed by atoms with Gasteiger partial charge < -0.3 is 19.7 Å². The second-order valence-electron chi connectivity index (χ2n) is 7.18. The normalized spacial score (nSPS) is 14.0. The van der Waals surface area contributed by atoms with Crippen molar-refractivity contribution in [2.24, 2.45) is 0 Å². The molecule has 158 valence electrons. The van der Waals surface area contributed by atoms with Crippen LogP contribution in [0.25, 0.3) is 16.7 Å². The monoisotopic (exact) mass is 416 g/mol. The van der Waals surface area contributed by atoms with E-state index in [9.17, 15) is 0 Å². The van der Waals surface area contributed by atoms with Crippen LogP contribution < -0.4 is 15.0 Å². The molecule has 1 fully saturated rings. The first-order valence-electron chi connectivity index (χ1n) is 10.5. The summed E-state index contributed by atoms with van der Waals surface area (Å²) < 4.78 is 12.9. The van der Waals surface area contributed by atoms with Crippen LogP contribution in [0.3, 0.4) is 0 Å². The van der Waals surface area contributed by atoms with Crippen LogP contribution in [0.1, 0.15) is 6.92 Å². The molecule has 1 saturated heterocycles. The van der Waals surface area contributed by atoms with E-state index in [1.54, 1.807) is 0 Å². The molecule has 31 heavy (non-hydrogen) atoms. The van der Waals surface area contributed by atoms with Crippen LogP contribution in [-0.4, -0.2) is 52.7 Å². The van der Waals surface area contributed by atoms with Crippen LogP contribution in [0.5, 0.6) is 5.75 Å². The van der Waals surface area contributed by atoms with Gasteiger partial charge in [-0.25, -0.2) is 4.68 Å². The Labute approximate surface area is 180 Å². The molecule has 0 spiro atoms. The van der Waals surface area contributed by atoms with Crippen molar-refractivity contribution in [1.82, 2.24) is 19.7 Å². The molecule has 8 heteroatoms. The second kappa shape index (κ2) is 8.61. The van der Waals surface area contributed by atoms with E-state index in [2.05, 4.69) is 15.3 Å². The molecule has 2 aromatic carbocycles. The number of nitrogens with zero attached hydrogens (tertiary/aromatic N) is 5. The summed E-state index contributed by atoms with van der Waals surface area (Å²) in [5.74, 6) is 2.23. The van der Waals surface area contributed by atoms with Crippen LogP contribution in [0.15, 0.2) is 60.8 Å². The van der Waals surface area contributed by atoms with Gasteiger partial charge in [-0.1, -0.05) is 18.2 Å². The topological polar surface area (TPSA) is 77.3 Å². The summed E-state index contributed by atoms with van der Waals surface area (Å²) in [6, 6.07) is 17.9. The first-order valence-corrected chi connectivity index (χ1v) is 10.5. The van der Waals surface area contributed by atoms with Crippen LogP contribution in [0, 0.1) is 0 Å². The highest BCUT2D eigenvalue weighted by Gasteiger charge is 2.19. The largest absolute Gasteiger partial charge is 0.494 e. The van der Waals surface area contributed by atoms with E-state index in [1.165, 1.54) is 0 Å². The third-order valence-corrected chi connectivity index (χ3v) is 5.14. The molecule has 0 radical (unpaired) electrons. The van der Waals surface area contributed by atoms with E-state index in [0.29, 0.717) is 25.8 Å². The number of rotatable bonds is 6. The Bertz CT molecular complexity index is 1150. The van der Waals surface area contributed by atoms with E-state index < -0.39 is 0 Å². The van der Waals surface area contributed by atoms with Gasteiger partial charge in [-0.3, -0.25) is 0 Å². The summed E-state index contributed by atoms with van der Waals surface area (Å²) in [4.78, 5) is 11.9. The fraction of sp³-hybridized carbons (Fsp3) is 0.261. The molecule has 5 rings (SSSR count). The third-order valence-electron chi connectivity index (χ3n) is 5.14. The molecule has 4 aromatic rings. The van der Waals surface area contributed by atoms with Crippen LogP contribution in [0.2, 0.25) is 0 Å². The molecule has 0 saturated carbocycles. The molecular weight excluding hydrogens is 392 g/mol. The summed E-state index contributed by atoms with van der Waals surface area (Å²) in [5, 5.41) is 8.90. The van der Waals surface area contributed by atoms with Gasteiger partial charge >= 0.3 is 0 Å². The van der Waals surface area contributed by atoms with E-state index in [0.717, 1.165) is 47.1 Å². The van der Waals surface area contributed by atoms with Gasteiger partial charge in [-0.2, -0.15) is 15.1 Å². The van der Waals surface area contributed by atoms with Gasteiger partial charge in [-0.05, 0) is 43.3 Å². The van der Waals surface area contributed by atoms with Crippen LogP contribution in [0.4, 0.5) is 17.5 Å². The average Bonchev–Trinajstić information content (AvgIpc) is 3.26. The molecule has 8 nitrogen and oxygen atoms in total. The fourth-order valence-corrected chi connectivity index (χ4v) is 3.59. The van der Waals surface area contributed by atoms with Crippen molar-refractivity contribution in [3.63, 3.8) is 0 Å². The zero-order valence-corrected chi connectivity index (χ0v) is 17.4. The Balaban J connectivity index is 1.57. The highest BCUT2D eigenvalue weighted by atomic mass is 16.5. The number of nitrogens with one attached hydrogen (secondary N) is 1. The molecule has 0 atom stereocenters. The molecule has 0 unspecified atom stereocenters. The quantitative estimate of drug-likeness (QED) is 0.512. The van der Waals surface area contributed by atoms with Gasteiger partial charge in [0.15, 0.2) is 5.65 Å². The Kier molecular flexibility index (Phi) is 5.37. The Hall–Kier alpha value is -3.65. The number of ether oxygens (including phenoxy) is 2. The molecule has 1 N–H and O–H groups in total. The van der Waals surface area contributed by atoms with Crippen molar-refractivity contribution in [3.05, 3.63) is 60.8 Å². The minimum absolute atomic E-state index is 0.640. The number of fused-ring (bicyclic) bond motifs is 1. The maximum Gasteiger partial charge on any atom is 0.229 e. The highest BCUT2D eigenvalue weighted by molar-refractivity contribution is 5.90. The smallest absolute Gasteiger partial charge is 0.229 e. The maximum atomic E-state index is 5.55. The lowest BCUT2D eigenvalue weighted by Crippen LogP contribution is -2.37. The predicted octanol–water partition coefficient (Wildman–Crippen LogP) is 3.79. The lowest BCUT2D eigenvalue weighted by molar-refractivity contribution is 0.122. The zero-order valence-electron chi connectivity index (χ0n) is 17.4. The number of hydrogen-bond acceptors (Lipinski definition) is 7. The highest BCUT2D eigenvalue weighted by Crippen LogP contribution is 2.29. The SMILES string of the molecule is CCOc1ccc(Nc2nc(N3CCOCC3)nc3c2cnn3-c2ccccc2)cc1. The Morgan fingerprint density at radius 2 is 1.77 bits per heavy atom. The van der Waals surface area contributed by atoms with Gasteiger partial charge in [-0.15, -0.1) is 0 Å². The number of para-hydroxylation sites is 1. The van der Waals surface area contributed by atoms with Gasteiger partial charge in [0.05, 0.1) is 37.1 Å². The van der Waals surface area contributed by atoms with E-state index >= 15 is 0 Å². The predicted molar refractivity (Wildman–Crippen MR) is 121 cm³/mol. The number of aromatic nitrogens is 4. The number of morpholine rings is 1. The van der Waals surface area contributed by atoms with Crippen molar-refractivity contribution in [2.75, 3.05) is 43.1 Å². The van der Waals surface area contributed by atoms with Crippen molar-refractivity contribution >= 4 is 28.5 Å². The molecule has 0 amide bonds. The molecule has 1 aliphatic rings. The van der Waals surface area contributed by atoms with Crippen molar-refractivity contribution in [2.45, 2.75) is 6.92 Å². The number of hydrogen-bond donors (Lipinski definition) is 1. The summed E-state index contributed by atoms with van der Waals surface area (Å²) in [5.41, 5.74) is 2.64. The van der Waals surface area contributed by atoms with Crippen molar-refractivity contribution in [3.8, 4) is 11.4 Å². The summed E-state index contributed by atoms with van der Waals surface area (Å²) in [6.07, 6.45) is 1.81. The minimum Gasteiger partial charge on any atom is -0.494 e. The van der Waals surface area contributed by atoms with Crippen LogP contribution in [-0.2, 0) is 4.74 Å². The Morgan fingerprint density at radius 1 is 1.00 bits per heavy atom. The van der Waals surface area contributed by atoms with Gasteiger partial charge in [0.25, 0.3) is 0 Å². The van der Waals surface area contributed by atoms with Crippen molar-refractivity contribution in [1.29, 1.82) is 0 Å². The Morgan fingerprint density at radius 3 is 2.52 bits per heavy atom. The molecule has 3 heterocycles. The first-order chi connectivity index (χ1) is 15.3. The maximum absolute atomic E-state index is 5.55. The standard InChI is InChI=1S/C23H24N6O2/c1-2-31-19-10-8-17(9-11-19)25-21-20-16-24-29(18-6-4-3-5-7-18)22(20)27-23(26-21)28-12-14-30-15-13-28/h3-11,16H,2,12-15H2,1H3,(H,25,26,27). The fourth-order valence-electron chi connectivity index (χ4n) is 3.59. The van der Waals surface area contributed by atoms with E-state index in [-0.39, 0.29) is 0 Å². The lowest BCUT2D eigenvalue weighted by Gasteiger charge is -2.27. The molecule has 0 aliphatic carbocycles. The lowest BCUT2D eigenvalue weighted by atomic mass is 10.3. The van der Waals surface area contributed by atoms with E-state index in [4.69, 9.17) is 19.4 Å². The number of anilines is 3. The molecule has 1 aliphatic heterocycles. The summed E-state index contributed by atoms with van der Waals surface area (Å²) in [7, 11) is 0. The molecule has 0 bridgehead atoms. The van der Waals surface area contributed by atoms with Crippen molar-refractivity contribution < 1.29 is 9.47 Å². The van der Waals surface area contributed by atoms with E-state index in [1.807, 2.05) is 72.4 Å². The van der Waals surface area contributed by atoms with Crippen LogP contribution >= 0.6 is 0 Å². The first kappa shape index (κ1) is 19.3. The third kappa shape index (κ3) is 4.02. The van der Waals surface area contributed by atoms with Gasteiger partial charge in [0.1, 0.15) is 11.6 Å². The molecular formula is C23H24N6O2. The summed E-state index contributed by atoms with van der Waals surface area (Å²) in [6.45, 7) is 5.46. The zero-order chi connectivity index (χ0) is 21.0. The van der Waals surface area contributed by atoms with Gasteiger partial charge in [0, 0.05) is 18.8 Å². The minimum atomic E-state index is 0.640. The molecule has 2 aromatic heterocycles. The number of benzene rings is 2. The second-order valence-corrected chi connectivity index (χ2v) is 7.18. The average molecular weight is 416 g/mol.